The van der Waals surface area contributed by atoms with Crippen LogP contribution in [0.5, 0.6) is 0 Å². The Morgan fingerprint density at radius 2 is 1.75 bits per heavy atom. The Morgan fingerprint density at radius 3 is 2.25 bits per heavy atom. The van der Waals surface area contributed by atoms with Crippen molar-refractivity contribution in [3.05, 3.63) is 47.7 Å². The van der Waals surface area contributed by atoms with Crippen LogP contribution in [0.3, 0.4) is 0 Å². The predicted octanol–water partition coefficient (Wildman–Crippen LogP) is 2.65. The summed E-state index contributed by atoms with van der Waals surface area (Å²) in [7, 11) is 4.33. The molecular weight excluding hydrogens is 256 g/mol. The van der Waals surface area contributed by atoms with Crippen molar-refractivity contribution in [3.8, 4) is 0 Å². The van der Waals surface area contributed by atoms with Gasteiger partial charge in [-0.2, -0.15) is 0 Å². The van der Waals surface area contributed by atoms with E-state index in [1.165, 1.54) is 21.3 Å². The number of ether oxygens (including phenoxy) is 3. The SMILES string of the molecule is C=C(C)c1ccccc1C1=C(OC)C(OC)(OC)C1=O. The van der Waals surface area contributed by atoms with Gasteiger partial charge < -0.3 is 14.2 Å². The quantitative estimate of drug-likeness (QED) is 0.774. The molecule has 4 nitrogen and oxygen atoms in total. The molecular formula is C16H18O4. The van der Waals surface area contributed by atoms with E-state index in [2.05, 4.69) is 6.58 Å². The average Bonchev–Trinajstić information content (AvgIpc) is 2.46. The minimum atomic E-state index is -1.42. The van der Waals surface area contributed by atoms with Crippen molar-refractivity contribution in [1.29, 1.82) is 0 Å². The molecule has 0 amide bonds. The van der Waals surface area contributed by atoms with Crippen molar-refractivity contribution in [2.75, 3.05) is 21.3 Å². The third-order valence-electron chi connectivity index (χ3n) is 3.49. The van der Waals surface area contributed by atoms with Gasteiger partial charge in [0.25, 0.3) is 5.79 Å². The zero-order valence-electron chi connectivity index (χ0n) is 12.1. The zero-order chi connectivity index (χ0) is 14.9. The van der Waals surface area contributed by atoms with Crippen molar-refractivity contribution in [2.45, 2.75) is 12.7 Å². The molecule has 1 aliphatic carbocycles. The van der Waals surface area contributed by atoms with Crippen LogP contribution in [0, 0.1) is 0 Å². The summed E-state index contributed by atoms with van der Waals surface area (Å²) >= 11 is 0. The van der Waals surface area contributed by atoms with Crippen LogP contribution >= 0.6 is 0 Å². The summed E-state index contributed by atoms with van der Waals surface area (Å²) in [6.07, 6.45) is 0. The lowest BCUT2D eigenvalue weighted by molar-refractivity contribution is -0.206. The number of ketones is 1. The highest BCUT2D eigenvalue weighted by atomic mass is 16.7. The fourth-order valence-corrected chi connectivity index (χ4v) is 2.48. The van der Waals surface area contributed by atoms with E-state index in [1.807, 2.05) is 31.2 Å². The van der Waals surface area contributed by atoms with Gasteiger partial charge in [-0.15, -0.1) is 0 Å². The number of rotatable bonds is 5. The minimum Gasteiger partial charge on any atom is -0.494 e. The number of hydrogen-bond acceptors (Lipinski definition) is 4. The van der Waals surface area contributed by atoms with Crippen molar-refractivity contribution in [2.24, 2.45) is 0 Å². The van der Waals surface area contributed by atoms with Gasteiger partial charge in [-0.05, 0) is 18.1 Å². The topological polar surface area (TPSA) is 44.8 Å². The first kappa shape index (κ1) is 14.5. The van der Waals surface area contributed by atoms with Gasteiger partial charge >= 0.3 is 0 Å². The van der Waals surface area contributed by atoms with Gasteiger partial charge in [-0.1, -0.05) is 36.4 Å². The molecule has 1 aromatic carbocycles. The molecule has 1 aromatic rings. The number of Topliss-reactive ketones (excluding diaryl/α,β-unsaturated/α-hetero) is 1. The Kier molecular flexibility index (Phi) is 3.79. The van der Waals surface area contributed by atoms with Crippen molar-refractivity contribution in [1.82, 2.24) is 0 Å². The molecule has 0 fully saturated rings. The number of benzene rings is 1. The smallest absolute Gasteiger partial charge is 0.294 e. The molecule has 0 saturated carbocycles. The monoisotopic (exact) mass is 274 g/mol. The first-order valence-corrected chi connectivity index (χ1v) is 6.22. The molecule has 1 aliphatic rings. The van der Waals surface area contributed by atoms with Crippen LogP contribution in [0.1, 0.15) is 18.1 Å². The number of carbonyl (C=O) groups excluding carboxylic acids is 1. The highest BCUT2D eigenvalue weighted by Crippen LogP contribution is 2.45. The fourth-order valence-electron chi connectivity index (χ4n) is 2.48. The lowest BCUT2D eigenvalue weighted by Gasteiger charge is -2.40. The number of carbonyl (C=O) groups is 1. The van der Waals surface area contributed by atoms with Crippen LogP contribution in [-0.2, 0) is 19.0 Å². The Labute approximate surface area is 118 Å². The maximum atomic E-state index is 12.5. The summed E-state index contributed by atoms with van der Waals surface area (Å²) < 4.78 is 15.8. The third kappa shape index (κ3) is 1.80. The summed E-state index contributed by atoms with van der Waals surface area (Å²) in [5.74, 6) is -1.28. The zero-order valence-corrected chi connectivity index (χ0v) is 12.1. The molecule has 0 atom stereocenters. The van der Waals surface area contributed by atoms with E-state index < -0.39 is 5.79 Å². The van der Waals surface area contributed by atoms with Crippen LogP contribution in [0.25, 0.3) is 11.1 Å². The highest BCUT2D eigenvalue weighted by Gasteiger charge is 2.58. The van der Waals surface area contributed by atoms with E-state index in [4.69, 9.17) is 14.2 Å². The molecule has 4 heteroatoms. The maximum absolute atomic E-state index is 12.5. The average molecular weight is 274 g/mol. The van der Waals surface area contributed by atoms with Crippen LogP contribution in [0.4, 0.5) is 0 Å². The third-order valence-corrected chi connectivity index (χ3v) is 3.49. The summed E-state index contributed by atoms with van der Waals surface area (Å²) in [4.78, 5) is 12.5. The molecule has 0 saturated heterocycles. The van der Waals surface area contributed by atoms with Crippen LogP contribution in [0.15, 0.2) is 36.6 Å². The molecule has 0 heterocycles. The summed E-state index contributed by atoms with van der Waals surface area (Å²) in [5, 5.41) is 0. The van der Waals surface area contributed by atoms with Crippen molar-refractivity contribution >= 4 is 16.9 Å². The van der Waals surface area contributed by atoms with Gasteiger partial charge in [0.2, 0.25) is 5.78 Å². The van der Waals surface area contributed by atoms with E-state index in [-0.39, 0.29) is 5.78 Å². The molecule has 0 aliphatic heterocycles. The number of methoxy groups -OCH3 is 3. The molecule has 0 N–H and O–H groups in total. The highest BCUT2D eigenvalue weighted by molar-refractivity contribution is 6.33. The molecule has 0 bridgehead atoms. The Balaban J connectivity index is 2.64. The van der Waals surface area contributed by atoms with Gasteiger partial charge in [0, 0.05) is 14.2 Å². The lowest BCUT2D eigenvalue weighted by atomic mass is 9.79. The van der Waals surface area contributed by atoms with Crippen molar-refractivity contribution < 1.29 is 19.0 Å². The van der Waals surface area contributed by atoms with E-state index in [0.717, 1.165) is 16.7 Å². The molecule has 106 valence electrons. The molecule has 0 spiro atoms. The van der Waals surface area contributed by atoms with E-state index in [9.17, 15) is 4.79 Å². The standard InChI is InChI=1S/C16H18O4/c1-10(2)11-8-6-7-9-12(11)13-14(17)16(19-4,20-5)15(13)18-3/h6-9H,1H2,2-5H3. The molecule has 0 aromatic heterocycles. The second kappa shape index (κ2) is 5.23. The van der Waals surface area contributed by atoms with Crippen LogP contribution < -0.4 is 0 Å². The maximum Gasteiger partial charge on any atom is 0.294 e. The second-order valence-corrected chi connectivity index (χ2v) is 4.59. The fraction of sp³-hybridized carbons (Fsp3) is 0.312. The number of allylic oxidation sites excluding steroid dienone is 1. The molecule has 0 unspecified atom stereocenters. The van der Waals surface area contributed by atoms with Gasteiger partial charge in [0.1, 0.15) is 0 Å². The van der Waals surface area contributed by atoms with Crippen molar-refractivity contribution in [3.63, 3.8) is 0 Å². The largest absolute Gasteiger partial charge is 0.494 e. The molecule has 2 rings (SSSR count). The van der Waals surface area contributed by atoms with Crippen LogP contribution in [0.2, 0.25) is 0 Å². The van der Waals surface area contributed by atoms with Gasteiger partial charge in [0.05, 0.1) is 12.7 Å². The Morgan fingerprint density at radius 1 is 1.15 bits per heavy atom. The second-order valence-electron chi connectivity index (χ2n) is 4.59. The molecule has 20 heavy (non-hydrogen) atoms. The van der Waals surface area contributed by atoms with E-state index in [1.54, 1.807) is 0 Å². The van der Waals surface area contributed by atoms with Crippen LogP contribution in [-0.4, -0.2) is 32.9 Å². The van der Waals surface area contributed by atoms with Gasteiger partial charge in [-0.3, -0.25) is 4.79 Å². The summed E-state index contributed by atoms with van der Waals surface area (Å²) in [6.45, 7) is 5.84. The minimum absolute atomic E-state index is 0.243. The predicted molar refractivity (Wildman–Crippen MR) is 76.8 cm³/mol. The number of hydrogen-bond donors (Lipinski definition) is 0. The Hall–Kier alpha value is -1.91. The first-order valence-electron chi connectivity index (χ1n) is 6.22. The van der Waals surface area contributed by atoms with E-state index >= 15 is 0 Å². The van der Waals surface area contributed by atoms with Gasteiger partial charge in [-0.25, -0.2) is 0 Å². The van der Waals surface area contributed by atoms with E-state index in [0.29, 0.717) is 11.3 Å². The lowest BCUT2D eigenvalue weighted by Crippen LogP contribution is -2.54. The summed E-state index contributed by atoms with van der Waals surface area (Å²) in [6, 6.07) is 7.56. The normalized spacial score (nSPS) is 16.9. The first-order chi connectivity index (χ1) is 9.53. The Bertz CT molecular complexity index is 594. The van der Waals surface area contributed by atoms with Gasteiger partial charge in [0.15, 0.2) is 5.76 Å². The molecule has 0 radical (unpaired) electrons. The summed E-state index contributed by atoms with van der Waals surface area (Å²) in [5.41, 5.74) is 3.05.